The highest BCUT2D eigenvalue weighted by Gasteiger charge is 2.33. The number of rotatable bonds is 8. The van der Waals surface area contributed by atoms with E-state index in [1.54, 1.807) is 0 Å². The van der Waals surface area contributed by atoms with Gasteiger partial charge in [-0.15, -0.1) is 0 Å². The first kappa shape index (κ1) is 25.4. The number of pyridine rings is 1. The van der Waals surface area contributed by atoms with E-state index in [9.17, 15) is 4.79 Å². The molecule has 5 rings (SSSR count). The summed E-state index contributed by atoms with van der Waals surface area (Å²) in [6.07, 6.45) is 5.96. The number of ether oxygens (including phenoxy) is 1. The smallest absolute Gasteiger partial charge is 0.240 e. The third-order valence-corrected chi connectivity index (χ3v) is 7.47. The Labute approximate surface area is 220 Å². The van der Waals surface area contributed by atoms with Crippen LogP contribution in [0.15, 0.2) is 72.9 Å². The Hall–Kier alpha value is -3.22. The molecule has 2 aliphatic rings. The summed E-state index contributed by atoms with van der Waals surface area (Å²) >= 11 is 0. The van der Waals surface area contributed by atoms with Gasteiger partial charge < -0.3 is 14.5 Å². The van der Waals surface area contributed by atoms with Crippen LogP contribution in [0.25, 0.3) is 0 Å². The Morgan fingerprint density at radius 2 is 1.89 bits per heavy atom. The van der Waals surface area contributed by atoms with E-state index in [-0.39, 0.29) is 11.9 Å². The van der Waals surface area contributed by atoms with Gasteiger partial charge in [-0.05, 0) is 61.8 Å². The van der Waals surface area contributed by atoms with Crippen molar-refractivity contribution in [2.24, 2.45) is 0 Å². The van der Waals surface area contributed by atoms with Crippen molar-refractivity contribution in [2.45, 2.75) is 51.4 Å². The lowest BCUT2D eigenvalue weighted by atomic mass is 9.99. The van der Waals surface area contributed by atoms with Crippen LogP contribution in [0.1, 0.15) is 41.6 Å². The summed E-state index contributed by atoms with van der Waals surface area (Å²) < 4.78 is 6.07. The minimum atomic E-state index is -0.0589. The first-order chi connectivity index (χ1) is 18.2. The van der Waals surface area contributed by atoms with Crippen molar-refractivity contribution < 1.29 is 9.53 Å². The van der Waals surface area contributed by atoms with Gasteiger partial charge in [0.05, 0.1) is 12.6 Å². The van der Waals surface area contributed by atoms with Crippen LogP contribution >= 0.6 is 0 Å². The number of benzene rings is 2. The van der Waals surface area contributed by atoms with Crippen molar-refractivity contribution in [3.63, 3.8) is 0 Å². The lowest BCUT2D eigenvalue weighted by Gasteiger charge is -2.37. The van der Waals surface area contributed by atoms with Gasteiger partial charge >= 0.3 is 0 Å². The van der Waals surface area contributed by atoms with Gasteiger partial charge in [-0.3, -0.25) is 14.7 Å². The SMILES string of the molecule is CN(CCc1ccccn1)Cc1ccc2c(c1)CN(C(=O)C1CCCCN1Cc1ccccc1)CCO2. The molecule has 1 saturated heterocycles. The average molecular weight is 499 g/mol. The molecule has 2 aromatic carbocycles. The highest BCUT2D eigenvalue weighted by atomic mass is 16.5. The number of nitrogens with zero attached hydrogens (tertiary/aromatic N) is 4. The highest BCUT2D eigenvalue weighted by molar-refractivity contribution is 5.82. The van der Waals surface area contributed by atoms with Gasteiger partial charge in [-0.25, -0.2) is 0 Å². The molecule has 0 N–H and O–H groups in total. The molecule has 2 aliphatic heterocycles. The Balaban J connectivity index is 1.23. The number of piperidine rings is 1. The molecular weight excluding hydrogens is 460 g/mol. The van der Waals surface area contributed by atoms with E-state index >= 15 is 0 Å². The summed E-state index contributed by atoms with van der Waals surface area (Å²) in [6.45, 7) is 5.36. The summed E-state index contributed by atoms with van der Waals surface area (Å²) in [5.41, 5.74) is 4.72. The van der Waals surface area contributed by atoms with Gasteiger partial charge in [0.25, 0.3) is 0 Å². The zero-order chi connectivity index (χ0) is 25.5. The van der Waals surface area contributed by atoms with Crippen LogP contribution in [0.4, 0.5) is 0 Å². The first-order valence-corrected chi connectivity index (χ1v) is 13.6. The molecule has 6 heteroatoms. The molecule has 37 heavy (non-hydrogen) atoms. The number of hydrogen-bond donors (Lipinski definition) is 0. The van der Waals surface area contributed by atoms with E-state index in [4.69, 9.17) is 4.74 Å². The quantitative estimate of drug-likeness (QED) is 0.457. The van der Waals surface area contributed by atoms with Crippen LogP contribution in [-0.4, -0.2) is 64.9 Å². The van der Waals surface area contributed by atoms with Crippen LogP contribution in [0.3, 0.4) is 0 Å². The summed E-state index contributed by atoms with van der Waals surface area (Å²) in [4.78, 5) is 25.0. The lowest BCUT2D eigenvalue weighted by Crippen LogP contribution is -2.50. The number of carbonyl (C=O) groups excluding carboxylic acids is 1. The molecule has 1 atom stereocenters. The molecule has 1 unspecified atom stereocenters. The van der Waals surface area contributed by atoms with Gasteiger partial charge in [0.15, 0.2) is 0 Å². The normalized spacial score (nSPS) is 18.2. The summed E-state index contributed by atoms with van der Waals surface area (Å²) in [5.74, 6) is 1.14. The van der Waals surface area contributed by atoms with Crippen molar-refractivity contribution in [3.05, 3.63) is 95.3 Å². The minimum absolute atomic E-state index is 0.0589. The predicted molar refractivity (Wildman–Crippen MR) is 146 cm³/mol. The molecule has 0 aliphatic carbocycles. The second-order valence-electron chi connectivity index (χ2n) is 10.3. The molecule has 3 aromatic rings. The third-order valence-electron chi connectivity index (χ3n) is 7.47. The van der Waals surface area contributed by atoms with Crippen molar-refractivity contribution in [1.82, 2.24) is 19.7 Å². The molecule has 0 bridgehead atoms. The van der Waals surface area contributed by atoms with Crippen LogP contribution in [0, 0.1) is 0 Å². The molecule has 6 nitrogen and oxygen atoms in total. The second kappa shape index (κ2) is 12.3. The lowest BCUT2D eigenvalue weighted by molar-refractivity contribution is -0.139. The summed E-state index contributed by atoms with van der Waals surface area (Å²) in [7, 11) is 2.14. The van der Waals surface area contributed by atoms with Crippen molar-refractivity contribution in [1.29, 1.82) is 0 Å². The number of aromatic nitrogens is 1. The van der Waals surface area contributed by atoms with Crippen LogP contribution in [0.5, 0.6) is 5.75 Å². The van der Waals surface area contributed by atoms with E-state index in [0.717, 1.165) is 68.9 Å². The predicted octanol–water partition coefficient (Wildman–Crippen LogP) is 4.53. The van der Waals surface area contributed by atoms with Crippen molar-refractivity contribution in [2.75, 3.05) is 33.3 Å². The maximum Gasteiger partial charge on any atom is 0.240 e. The molecule has 3 heterocycles. The molecular formula is C31H38N4O2. The van der Waals surface area contributed by atoms with Gasteiger partial charge in [0, 0.05) is 50.1 Å². The second-order valence-corrected chi connectivity index (χ2v) is 10.3. The van der Waals surface area contributed by atoms with E-state index < -0.39 is 0 Å². The summed E-state index contributed by atoms with van der Waals surface area (Å²) in [5, 5.41) is 0. The molecule has 1 fully saturated rings. The number of hydrogen-bond acceptors (Lipinski definition) is 5. The maximum atomic E-state index is 13.8. The Bertz CT molecular complexity index is 1150. The van der Waals surface area contributed by atoms with E-state index in [2.05, 4.69) is 70.4 Å². The number of likely N-dealkylation sites (N-methyl/N-ethyl adjacent to an activating group) is 1. The van der Waals surface area contributed by atoms with Gasteiger partial charge in [-0.1, -0.05) is 48.9 Å². The molecule has 1 amide bonds. The molecule has 1 aromatic heterocycles. The molecule has 0 spiro atoms. The number of amides is 1. The van der Waals surface area contributed by atoms with Gasteiger partial charge in [0.1, 0.15) is 12.4 Å². The number of likely N-dealkylation sites (tertiary alicyclic amines) is 1. The van der Waals surface area contributed by atoms with Gasteiger partial charge in [0.2, 0.25) is 5.91 Å². The zero-order valence-electron chi connectivity index (χ0n) is 21.9. The fourth-order valence-electron chi connectivity index (χ4n) is 5.46. The molecule has 194 valence electrons. The first-order valence-electron chi connectivity index (χ1n) is 13.6. The van der Waals surface area contributed by atoms with Crippen molar-refractivity contribution in [3.8, 4) is 5.75 Å². The maximum absolute atomic E-state index is 13.8. The Morgan fingerprint density at radius 1 is 1.03 bits per heavy atom. The molecule has 0 radical (unpaired) electrons. The average Bonchev–Trinajstić information content (AvgIpc) is 3.15. The van der Waals surface area contributed by atoms with E-state index in [1.807, 2.05) is 29.3 Å². The van der Waals surface area contributed by atoms with Gasteiger partial charge in [-0.2, -0.15) is 0 Å². The van der Waals surface area contributed by atoms with E-state index in [0.29, 0.717) is 19.7 Å². The summed E-state index contributed by atoms with van der Waals surface area (Å²) in [6, 6.07) is 23.0. The van der Waals surface area contributed by atoms with Crippen LogP contribution in [0.2, 0.25) is 0 Å². The number of carbonyl (C=O) groups is 1. The third kappa shape index (κ3) is 6.76. The largest absolute Gasteiger partial charge is 0.491 e. The van der Waals surface area contributed by atoms with E-state index in [1.165, 1.54) is 11.1 Å². The molecule has 0 saturated carbocycles. The van der Waals surface area contributed by atoms with Crippen molar-refractivity contribution >= 4 is 5.91 Å². The fraction of sp³-hybridized carbons (Fsp3) is 0.419. The standard InChI is InChI=1S/C31H38N4O2/c1-33(18-15-28-11-5-7-16-32-28)22-26-13-14-30-27(21-26)24-35(19-20-37-30)31(36)29-12-6-8-17-34(29)23-25-9-3-2-4-10-25/h2-5,7,9-11,13-14,16,21,29H,6,8,12,15,17-20,22-24H2,1H3. The minimum Gasteiger partial charge on any atom is -0.491 e. The fourth-order valence-corrected chi connectivity index (χ4v) is 5.46. The topological polar surface area (TPSA) is 48.9 Å². The van der Waals surface area contributed by atoms with Crippen LogP contribution < -0.4 is 4.74 Å². The Morgan fingerprint density at radius 3 is 2.73 bits per heavy atom. The zero-order valence-corrected chi connectivity index (χ0v) is 21.9. The Kier molecular flexibility index (Phi) is 8.49. The highest BCUT2D eigenvalue weighted by Crippen LogP contribution is 2.27. The number of fused-ring (bicyclic) bond motifs is 1. The monoisotopic (exact) mass is 498 g/mol. The van der Waals surface area contributed by atoms with Crippen LogP contribution in [-0.2, 0) is 30.8 Å².